The number of rotatable bonds is 0. The molecule has 3 rings (SSSR count). The highest BCUT2D eigenvalue weighted by atomic mass is 15.0. The van der Waals surface area contributed by atoms with Crippen LogP contribution in [0.15, 0.2) is 12.3 Å². The smallest absolute Gasteiger partial charge is 0.160 e. The Kier molecular flexibility index (Phi) is 1.96. The van der Waals surface area contributed by atoms with Gasteiger partial charge in [-0.2, -0.15) is 0 Å². The zero-order chi connectivity index (χ0) is 11.3. The standard InChI is InChI=1S/C13H17N3/c1-8-3-4-11-12(6-8)16-7-9(2)5-10(14)13(16)15-11/h5,7-8H,3-4,6,14H2,1-2H3. The molecule has 0 aromatic carbocycles. The van der Waals surface area contributed by atoms with Gasteiger partial charge in [0.1, 0.15) is 0 Å². The van der Waals surface area contributed by atoms with Gasteiger partial charge in [0.2, 0.25) is 0 Å². The number of hydrogen-bond donors (Lipinski definition) is 1. The summed E-state index contributed by atoms with van der Waals surface area (Å²) in [6.07, 6.45) is 5.61. The van der Waals surface area contributed by atoms with Gasteiger partial charge in [-0.25, -0.2) is 4.98 Å². The zero-order valence-corrected chi connectivity index (χ0v) is 9.83. The molecule has 0 bridgehead atoms. The first-order chi connectivity index (χ1) is 7.65. The lowest BCUT2D eigenvalue weighted by atomic mass is 9.91. The maximum atomic E-state index is 6.02. The van der Waals surface area contributed by atoms with Gasteiger partial charge in [-0.3, -0.25) is 0 Å². The highest BCUT2D eigenvalue weighted by Gasteiger charge is 2.21. The number of pyridine rings is 1. The second kappa shape index (κ2) is 3.24. The molecule has 1 aliphatic rings. The first-order valence-corrected chi connectivity index (χ1v) is 5.91. The summed E-state index contributed by atoms with van der Waals surface area (Å²) in [5.41, 5.74) is 11.6. The van der Waals surface area contributed by atoms with E-state index in [-0.39, 0.29) is 0 Å². The van der Waals surface area contributed by atoms with E-state index >= 15 is 0 Å². The van der Waals surface area contributed by atoms with Crippen LogP contribution in [0.25, 0.3) is 5.65 Å². The van der Waals surface area contributed by atoms with Gasteiger partial charge in [-0.1, -0.05) is 6.92 Å². The molecule has 2 aromatic rings. The van der Waals surface area contributed by atoms with Crippen molar-refractivity contribution in [3.8, 4) is 0 Å². The van der Waals surface area contributed by atoms with Gasteiger partial charge >= 0.3 is 0 Å². The number of aromatic nitrogens is 2. The highest BCUT2D eigenvalue weighted by molar-refractivity contribution is 5.67. The fourth-order valence-electron chi connectivity index (χ4n) is 2.64. The fraction of sp³-hybridized carbons (Fsp3) is 0.462. The molecular weight excluding hydrogens is 198 g/mol. The summed E-state index contributed by atoms with van der Waals surface area (Å²) in [7, 11) is 0. The summed E-state index contributed by atoms with van der Waals surface area (Å²) in [5, 5.41) is 0. The summed E-state index contributed by atoms with van der Waals surface area (Å²) < 4.78 is 2.19. The SMILES string of the molecule is Cc1cc(N)c2nc3c(n2c1)CC(C)CC3. The average molecular weight is 215 g/mol. The van der Waals surface area contributed by atoms with Crippen LogP contribution in [0.4, 0.5) is 5.69 Å². The largest absolute Gasteiger partial charge is 0.396 e. The number of hydrogen-bond acceptors (Lipinski definition) is 2. The molecule has 0 saturated carbocycles. The molecule has 16 heavy (non-hydrogen) atoms. The van der Waals surface area contributed by atoms with Crippen LogP contribution in [-0.4, -0.2) is 9.38 Å². The van der Waals surface area contributed by atoms with E-state index in [1.165, 1.54) is 23.4 Å². The monoisotopic (exact) mass is 215 g/mol. The van der Waals surface area contributed by atoms with Crippen molar-refractivity contribution in [1.82, 2.24) is 9.38 Å². The number of anilines is 1. The molecule has 0 spiro atoms. The maximum absolute atomic E-state index is 6.02. The summed E-state index contributed by atoms with van der Waals surface area (Å²) >= 11 is 0. The minimum atomic E-state index is 0.758. The van der Waals surface area contributed by atoms with Crippen molar-refractivity contribution in [1.29, 1.82) is 0 Å². The van der Waals surface area contributed by atoms with Gasteiger partial charge in [-0.05, 0) is 43.7 Å². The van der Waals surface area contributed by atoms with Gasteiger partial charge in [0, 0.05) is 11.9 Å². The van der Waals surface area contributed by atoms with E-state index < -0.39 is 0 Å². The van der Waals surface area contributed by atoms with Crippen LogP contribution in [0, 0.1) is 12.8 Å². The van der Waals surface area contributed by atoms with Crippen molar-refractivity contribution in [2.75, 3.05) is 5.73 Å². The molecule has 0 fully saturated rings. The molecule has 0 radical (unpaired) electrons. The number of aryl methyl sites for hydroxylation is 2. The lowest BCUT2D eigenvalue weighted by molar-refractivity contribution is 0.488. The first kappa shape index (κ1) is 9.70. The maximum Gasteiger partial charge on any atom is 0.160 e. The van der Waals surface area contributed by atoms with E-state index in [0.717, 1.165) is 30.1 Å². The highest BCUT2D eigenvalue weighted by Crippen LogP contribution is 2.28. The van der Waals surface area contributed by atoms with E-state index in [9.17, 15) is 0 Å². The Morgan fingerprint density at radius 3 is 3.12 bits per heavy atom. The lowest BCUT2D eigenvalue weighted by Crippen LogP contribution is -2.12. The molecule has 3 nitrogen and oxygen atoms in total. The van der Waals surface area contributed by atoms with E-state index in [1.54, 1.807) is 0 Å². The first-order valence-electron chi connectivity index (χ1n) is 5.91. The number of nitrogens with two attached hydrogens (primary N) is 1. The van der Waals surface area contributed by atoms with E-state index in [1.807, 2.05) is 6.07 Å². The second-order valence-corrected chi connectivity index (χ2v) is 5.02. The molecular formula is C13H17N3. The van der Waals surface area contributed by atoms with Crippen molar-refractivity contribution < 1.29 is 0 Å². The summed E-state index contributed by atoms with van der Waals surface area (Å²) in [6, 6.07) is 2.00. The molecule has 0 saturated heterocycles. The number of imidazole rings is 1. The molecule has 2 heterocycles. The van der Waals surface area contributed by atoms with Crippen molar-refractivity contribution in [2.24, 2.45) is 5.92 Å². The molecule has 0 aliphatic heterocycles. The predicted molar refractivity (Wildman–Crippen MR) is 65.5 cm³/mol. The Morgan fingerprint density at radius 2 is 2.31 bits per heavy atom. The molecule has 1 atom stereocenters. The van der Waals surface area contributed by atoms with Gasteiger partial charge in [-0.15, -0.1) is 0 Å². The van der Waals surface area contributed by atoms with Crippen molar-refractivity contribution in [2.45, 2.75) is 33.1 Å². The summed E-state index contributed by atoms with van der Waals surface area (Å²) in [5.74, 6) is 0.758. The van der Waals surface area contributed by atoms with Crippen LogP contribution in [0.5, 0.6) is 0 Å². The minimum Gasteiger partial charge on any atom is -0.396 e. The minimum absolute atomic E-state index is 0.758. The van der Waals surface area contributed by atoms with Gasteiger partial charge in [0.25, 0.3) is 0 Å². The van der Waals surface area contributed by atoms with Crippen molar-refractivity contribution in [3.63, 3.8) is 0 Å². The van der Waals surface area contributed by atoms with Crippen molar-refractivity contribution in [3.05, 3.63) is 29.2 Å². The third-order valence-electron chi connectivity index (χ3n) is 3.48. The average Bonchev–Trinajstić information content (AvgIpc) is 2.57. The van der Waals surface area contributed by atoms with E-state index in [2.05, 4.69) is 29.4 Å². The normalized spacial score (nSPS) is 20.0. The van der Waals surface area contributed by atoms with Crippen LogP contribution >= 0.6 is 0 Å². The second-order valence-electron chi connectivity index (χ2n) is 5.02. The Balaban J connectivity index is 2.30. The third kappa shape index (κ3) is 1.31. The third-order valence-corrected chi connectivity index (χ3v) is 3.48. The van der Waals surface area contributed by atoms with Crippen LogP contribution < -0.4 is 5.73 Å². The van der Waals surface area contributed by atoms with Crippen LogP contribution in [-0.2, 0) is 12.8 Å². The van der Waals surface area contributed by atoms with Crippen LogP contribution in [0.2, 0.25) is 0 Å². The Bertz CT molecular complexity index is 554. The van der Waals surface area contributed by atoms with Crippen LogP contribution in [0.1, 0.15) is 30.3 Å². The molecule has 1 unspecified atom stereocenters. The molecule has 0 amide bonds. The summed E-state index contributed by atoms with van der Waals surface area (Å²) in [6.45, 7) is 4.38. The Hall–Kier alpha value is -1.51. The number of nitrogens with zero attached hydrogens (tertiary/aromatic N) is 2. The lowest BCUT2D eigenvalue weighted by Gasteiger charge is -2.17. The molecule has 2 N–H and O–H groups in total. The van der Waals surface area contributed by atoms with E-state index in [0.29, 0.717) is 0 Å². The van der Waals surface area contributed by atoms with E-state index in [4.69, 9.17) is 5.73 Å². The fourth-order valence-corrected chi connectivity index (χ4v) is 2.64. The quantitative estimate of drug-likeness (QED) is 0.733. The van der Waals surface area contributed by atoms with Crippen molar-refractivity contribution >= 4 is 11.3 Å². The molecule has 1 aliphatic carbocycles. The Labute approximate surface area is 95.3 Å². The zero-order valence-electron chi connectivity index (χ0n) is 9.83. The van der Waals surface area contributed by atoms with Gasteiger partial charge in [0.05, 0.1) is 11.4 Å². The summed E-state index contributed by atoms with van der Waals surface area (Å²) in [4.78, 5) is 4.67. The Morgan fingerprint density at radius 1 is 1.50 bits per heavy atom. The number of fused-ring (bicyclic) bond motifs is 3. The topological polar surface area (TPSA) is 43.3 Å². The number of nitrogen functional groups attached to an aromatic ring is 1. The van der Waals surface area contributed by atoms with Crippen LogP contribution in [0.3, 0.4) is 0 Å². The molecule has 84 valence electrons. The van der Waals surface area contributed by atoms with Gasteiger partial charge in [0.15, 0.2) is 5.65 Å². The predicted octanol–water partition coefficient (Wildman–Crippen LogP) is 2.35. The van der Waals surface area contributed by atoms with Gasteiger partial charge < -0.3 is 10.1 Å². The molecule has 2 aromatic heterocycles. The molecule has 3 heteroatoms.